The number of nitro groups is 1. The normalized spacial score (nSPS) is 18.2. The number of piperazine rings is 1. The number of fused-ring (bicyclic) bond motifs is 1. The molecule has 0 saturated carbocycles. The third kappa shape index (κ3) is 5.25. The first-order valence-electron chi connectivity index (χ1n) is 13.6. The van der Waals surface area contributed by atoms with Gasteiger partial charge in [-0.05, 0) is 31.7 Å². The molecule has 0 bridgehead atoms. The van der Waals surface area contributed by atoms with Crippen LogP contribution in [-0.4, -0.2) is 93.7 Å². The van der Waals surface area contributed by atoms with Crippen LogP contribution in [0, 0.1) is 15.9 Å². The van der Waals surface area contributed by atoms with Crippen LogP contribution in [0.15, 0.2) is 42.6 Å². The van der Waals surface area contributed by atoms with E-state index >= 15 is 0 Å². The molecule has 4 heterocycles. The van der Waals surface area contributed by atoms with Gasteiger partial charge in [0.05, 0.1) is 28.8 Å². The van der Waals surface area contributed by atoms with Gasteiger partial charge in [-0.3, -0.25) is 15.0 Å². The summed E-state index contributed by atoms with van der Waals surface area (Å²) in [5.74, 6) is 0.833. The number of hydrogen-bond acceptors (Lipinski definition) is 10. The minimum Gasteiger partial charge on any atom is -0.494 e. The fourth-order valence-corrected chi connectivity index (χ4v) is 5.74. The molecule has 4 aromatic rings. The fraction of sp³-hybridized carbons (Fsp3) is 0.393. The number of rotatable bonds is 7. The van der Waals surface area contributed by atoms with Gasteiger partial charge in [-0.2, -0.15) is 0 Å². The van der Waals surface area contributed by atoms with Crippen LogP contribution in [0.5, 0.6) is 5.75 Å². The topological polar surface area (TPSA) is 118 Å². The van der Waals surface area contributed by atoms with Crippen molar-refractivity contribution in [2.45, 2.75) is 12.5 Å². The number of aryl methyl sites for hydroxylation is 1. The molecule has 1 atom stereocenters. The molecule has 2 fully saturated rings. The lowest BCUT2D eigenvalue weighted by molar-refractivity contribution is -0.384. The number of imidazole rings is 1. The first-order valence-corrected chi connectivity index (χ1v) is 13.6. The van der Waals surface area contributed by atoms with E-state index in [0.717, 1.165) is 51.2 Å². The second kappa shape index (κ2) is 10.9. The first-order chi connectivity index (χ1) is 19.8. The zero-order valence-corrected chi connectivity index (χ0v) is 23.2. The van der Waals surface area contributed by atoms with E-state index in [9.17, 15) is 14.5 Å². The highest BCUT2D eigenvalue weighted by Crippen LogP contribution is 2.41. The second-order valence-electron chi connectivity index (χ2n) is 10.5. The Balaban J connectivity index is 1.27. The minimum atomic E-state index is -0.367. The van der Waals surface area contributed by atoms with Crippen LogP contribution in [0.25, 0.3) is 22.6 Å². The van der Waals surface area contributed by atoms with E-state index in [1.807, 2.05) is 11.6 Å². The number of hydrogen-bond donors (Lipinski definition) is 1. The molecule has 0 aliphatic carbocycles. The van der Waals surface area contributed by atoms with Crippen LogP contribution >= 0.6 is 0 Å². The molecule has 2 aromatic heterocycles. The summed E-state index contributed by atoms with van der Waals surface area (Å²) in [6, 6.07) is 9.69. The average molecular weight is 562 g/mol. The Kier molecular flexibility index (Phi) is 7.14. The highest BCUT2D eigenvalue weighted by molar-refractivity contribution is 5.80. The molecule has 2 saturated heterocycles. The molecule has 13 heteroatoms. The zero-order valence-electron chi connectivity index (χ0n) is 23.2. The van der Waals surface area contributed by atoms with Crippen LogP contribution in [-0.2, 0) is 7.05 Å². The summed E-state index contributed by atoms with van der Waals surface area (Å²) in [5, 5.41) is 15.3. The van der Waals surface area contributed by atoms with E-state index in [0.29, 0.717) is 40.2 Å². The third-order valence-corrected chi connectivity index (χ3v) is 8.03. The first kappa shape index (κ1) is 26.8. The molecular formula is C28H32FN9O3. The van der Waals surface area contributed by atoms with Crippen molar-refractivity contribution in [1.82, 2.24) is 29.3 Å². The number of aromatic nitrogens is 4. The van der Waals surface area contributed by atoms with Crippen molar-refractivity contribution in [3.8, 4) is 17.3 Å². The lowest BCUT2D eigenvalue weighted by Crippen LogP contribution is -2.49. The van der Waals surface area contributed by atoms with Crippen LogP contribution in [0.2, 0.25) is 0 Å². The number of nitrogens with one attached hydrogen (secondary N) is 1. The largest absolute Gasteiger partial charge is 0.494 e. The number of methoxy groups -OCH3 is 1. The summed E-state index contributed by atoms with van der Waals surface area (Å²) < 4.78 is 21.2. The van der Waals surface area contributed by atoms with Gasteiger partial charge in [0.1, 0.15) is 22.9 Å². The monoisotopic (exact) mass is 561 g/mol. The number of likely N-dealkylation sites (N-methyl/N-ethyl adjacent to an activating group) is 1. The highest BCUT2D eigenvalue weighted by atomic mass is 19.1. The van der Waals surface area contributed by atoms with Crippen molar-refractivity contribution in [1.29, 1.82) is 0 Å². The Bertz CT molecular complexity index is 1600. The number of anilines is 3. The summed E-state index contributed by atoms with van der Waals surface area (Å²) in [6.07, 6.45) is 2.53. The molecule has 0 amide bonds. The number of nitro benzene ring substituents is 1. The number of ether oxygens (including phenoxy) is 1. The Morgan fingerprint density at radius 1 is 1.07 bits per heavy atom. The maximum absolute atomic E-state index is 13.7. The van der Waals surface area contributed by atoms with Gasteiger partial charge < -0.3 is 24.4 Å². The molecule has 41 heavy (non-hydrogen) atoms. The molecule has 1 unspecified atom stereocenters. The Morgan fingerprint density at radius 3 is 2.63 bits per heavy atom. The van der Waals surface area contributed by atoms with Crippen LogP contribution < -0.4 is 15.0 Å². The molecule has 0 spiro atoms. The van der Waals surface area contributed by atoms with E-state index in [1.165, 1.54) is 25.3 Å². The van der Waals surface area contributed by atoms with Crippen LogP contribution in [0.1, 0.15) is 6.42 Å². The summed E-state index contributed by atoms with van der Waals surface area (Å²) in [5.41, 5.74) is 2.69. The summed E-state index contributed by atoms with van der Waals surface area (Å²) in [6.45, 7) is 5.54. The number of nitrogens with zero attached hydrogens (tertiary/aromatic N) is 8. The van der Waals surface area contributed by atoms with Gasteiger partial charge in [-0.25, -0.2) is 19.3 Å². The molecule has 2 aliphatic rings. The van der Waals surface area contributed by atoms with Crippen LogP contribution in [0.4, 0.5) is 27.4 Å². The van der Waals surface area contributed by atoms with E-state index in [1.54, 1.807) is 24.4 Å². The van der Waals surface area contributed by atoms with Crippen molar-refractivity contribution in [2.75, 3.05) is 63.6 Å². The van der Waals surface area contributed by atoms with E-state index in [-0.39, 0.29) is 22.4 Å². The lowest BCUT2D eigenvalue weighted by Gasteiger charge is -2.36. The molecule has 214 valence electrons. The smallest absolute Gasteiger partial charge is 0.294 e. The molecule has 2 aliphatic heterocycles. The SMILES string of the molecule is COc1cc(N2CCC(N3CCN(C)CC3)C2)c([N+](=O)[O-])cc1Nc1nccc(-c2nc3cc(F)ccc3n2C)n1. The third-order valence-electron chi connectivity index (χ3n) is 8.03. The lowest BCUT2D eigenvalue weighted by atomic mass is 10.2. The van der Waals surface area contributed by atoms with Crippen molar-refractivity contribution in [3.63, 3.8) is 0 Å². The van der Waals surface area contributed by atoms with Gasteiger partial charge in [-0.1, -0.05) is 0 Å². The van der Waals surface area contributed by atoms with Crippen molar-refractivity contribution < 1.29 is 14.1 Å². The van der Waals surface area contributed by atoms with E-state index < -0.39 is 0 Å². The van der Waals surface area contributed by atoms with E-state index in [4.69, 9.17) is 4.74 Å². The van der Waals surface area contributed by atoms with Gasteiger partial charge >= 0.3 is 0 Å². The summed E-state index contributed by atoms with van der Waals surface area (Å²) in [4.78, 5) is 32.2. The van der Waals surface area contributed by atoms with E-state index in [2.05, 4.69) is 42.0 Å². The summed E-state index contributed by atoms with van der Waals surface area (Å²) >= 11 is 0. The highest BCUT2D eigenvalue weighted by Gasteiger charge is 2.33. The standard InChI is InChI=1S/C28H32FN9O3/c1-34-10-12-36(13-11-34)19-7-9-37(17-19)24-16-26(41-3)22(15-25(24)38(39)40)33-28-30-8-6-20(32-28)27-31-21-14-18(29)4-5-23(21)35(27)2/h4-6,8,14-16,19H,7,9-13,17H2,1-3H3,(H,30,32,33). The molecule has 2 aromatic carbocycles. The fourth-order valence-electron chi connectivity index (χ4n) is 5.74. The predicted octanol–water partition coefficient (Wildman–Crippen LogP) is 3.66. The van der Waals surface area contributed by atoms with Crippen molar-refractivity contribution in [2.24, 2.45) is 7.05 Å². The number of benzene rings is 2. The maximum atomic E-state index is 13.7. The van der Waals surface area contributed by atoms with Crippen LogP contribution in [0.3, 0.4) is 0 Å². The molecular weight excluding hydrogens is 529 g/mol. The molecule has 6 rings (SSSR count). The van der Waals surface area contributed by atoms with Gasteiger partial charge in [0, 0.05) is 76.8 Å². The Hall–Kier alpha value is -4.36. The van der Waals surface area contributed by atoms with Crippen molar-refractivity contribution in [3.05, 3.63) is 58.5 Å². The molecule has 0 radical (unpaired) electrons. The Morgan fingerprint density at radius 2 is 1.88 bits per heavy atom. The molecule has 1 N–H and O–H groups in total. The zero-order chi connectivity index (χ0) is 28.7. The van der Waals surface area contributed by atoms with Gasteiger partial charge in [0.15, 0.2) is 5.82 Å². The van der Waals surface area contributed by atoms with Crippen molar-refractivity contribution >= 4 is 34.0 Å². The second-order valence-corrected chi connectivity index (χ2v) is 10.5. The van der Waals surface area contributed by atoms with Gasteiger partial charge in [0.25, 0.3) is 5.69 Å². The minimum absolute atomic E-state index is 0.0131. The summed E-state index contributed by atoms with van der Waals surface area (Å²) in [7, 11) is 5.49. The maximum Gasteiger partial charge on any atom is 0.294 e. The molecule has 12 nitrogen and oxygen atoms in total. The van der Waals surface area contributed by atoms with Gasteiger partial charge in [0.2, 0.25) is 5.95 Å². The average Bonchev–Trinajstić information content (AvgIpc) is 3.58. The quantitative estimate of drug-likeness (QED) is 0.265. The van der Waals surface area contributed by atoms with Gasteiger partial charge in [-0.15, -0.1) is 0 Å². The predicted molar refractivity (Wildman–Crippen MR) is 154 cm³/mol. The Labute approximate surface area is 236 Å². The number of halogens is 1.